The molecular weight excluding hydrogens is 222 g/mol. The molecule has 0 amide bonds. The van der Waals surface area contributed by atoms with E-state index in [-0.39, 0.29) is 0 Å². The number of hydrogen-bond acceptors (Lipinski definition) is 3. The van der Waals surface area contributed by atoms with E-state index in [0.717, 1.165) is 24.4 Å². The van der Waals surface area contributed by atoms with Gasteiger partial charge in [-0.15, -0.1) is 0 Å². The van der Waals surface area contributed by atoms with E-state index < -0.39 is 0 Å². The van der Waals surface area contributed by atoms with Crippen LogP contribution in [0.3, 0.4) is 0 Å². The van der Waals surface area contributed by atoms with E-state index in [2.05, 4.69) is 22.2 Å². The molecular formula is C10H15N5S. The van der Waals surface area contributed by atoms with Crippen molar-refractivity contribution in [2.45, 2.75) is 26.3 Å². The van der Waals surface area contributed by atoms with Crippen LogP contribution in [0.5, 0.6) is 0 Å². The van der Waals surface area contributed by atoms with Gasteiger partial charge in [0.25, 0.3) is 0 Å². The third kappa shape index (κ3) is 2.21. The number of H-pyrrole nitrogens is 1. The molecule has 5 nitrogen and oxygen atoms in total. The molecule has 0 atom stereocenters. The van der Waals surface area contributed by atoms with Crippen LogP contribution in [0.25, 0.3) is 0 Å². The molecule has 0 aromatic carbocycles. The predicted molar refractivity (Wildman–Crippen MR) is 63.7 cm³/mol. The van der Waals surface area contributed by atoms with Crippen molar-refractivity contribution in [2.24, 2.45) is 7.05 Å². The third-order valence-electron chi connectivity index (χ3n) is 2.40. The minimum Gasteiger partial charge on any atom is -0.298 e. The SMILES string of the molecule is CCCc1n[nH]c(=S)n1Cc1ccn(C)n1. The average Bonchev–Trinajstić information content (AvgIpc) is 2.79. The largest absolute Gasteiger partial charge is 0.298 e. The minimum absolute atomic E-state index is 0.661. The Morgan fingerprint density at radius 2 is 2.31 bits per heavy atom. The lowest BCUT2D eigenvalue weighted by molar-refractivity contribution is 0.664. The number of hydrogen-bond donors (Lipinski definition) is 1. The van der Waals surface area contributed by atoms with E-state index in [9.17, 15) is 0 Å². The van der Waals surface area contributed by atoms with E-state index in [4.69, 9.17) is 12.2 Å². The lowest BCUT2D eigenvalue weighted by Gasteiger charge is -2.03. The van der Waals surface area contributed by atoms with Crippen LogP contribution in [-0.4, -0.2) is 24.5 Å². The van der Waals surface area contributed by atoms with Crippen molar-refractivity contribution in [3.8, 4) is 0 Å². The normalized spacial score (nSPS) is 10.9. The highest BCUT2D eigenvalue weighted by molar-refractivity contribution is 7.71. The molecule has 0 aliphatic carbocycles. The third-order valence-corrected chi connectivity index (χ3v) is 2.71. The Bertz CT molecular complexity index is 521. The van der Waals surface area contributed by atoms with Gasteiger partial charge in [0, 0.05) is 19.7 Å². The highest BCUT2D eigenvalue weighted by atomic mass is 32.1. The van der Waals surface area contributed by atoms with Crippen LogP contribution in [0, 0.1) is 4.77 Å². The molecule has 0 aliphatic rings. The molecule has 0 fully saturated rings. The highest BCUT2D eigenvalue weighted by Gasteiger charge is 2.07. The summed E-state index contributed by atoms with van der Waals surface area (Å²) >= 11 is 5.20. The Balaban J connectivity index is 2.26. The number of aromatic amines is 1. The highest BCUT2D eigenvalue weighted by Crippen LogP contribution is 2.05. The fraction of sp³-hybridized carbons (Fsp3) is 0.500. The zero-order valence-electron chi connectivity index (χ0n) is 9.47. The lowest BCUT2D eigenvalue weighted by atomic mass is 10.3. The van der Waals surface area contributed by atoms with Crippen molar-refractivity contribution in [3.05, 3.63) is 28.6 Å². The second-order valence-electron chi connectivity index (χ2n) is 3.76. The van der Waals surface area contributed by atoms with Gasteiger partial charge < -0.3 is 0 Å². The molecule has 2 aromatic rings. The van der Waals surface area contributed by atoms with Gasteiger partial charge in [0.2, 0.25) is 0 Å². The maximum absolute atomic E-state index is 5.20. The van der Waals surface area contributed by atoms with Gasteiger partial charge in [-0.2, -0.15) is 10.2 Å². The molecule has 1 N–H and O–H groups in total. The van der Waals surface area contributed by atoms with E-state index in [1.807, 2.05) is 23.9 Å². The Morgan fingerprint density at radius 1 is 1.50 bits per heavy atom. The van der Waals surface area contributed by atoms with Gasteiger partial charge in [0.1, 0.15) is 5.82 Å². The maximum Gasteiger partial charge on any atom is 0.195 e. The van der Waals surface area contributed by atoms with E-state index in [1.165, 1.54) is 0 Å². The Labute approximate surface area is 99.1 Å². The van der Waals surface area contributed by atoms with Crippen LogP contribution in [0.2, 0.25) is 0 Å². The first-order valence-electron chi connectivity index (χ1n) is 5.33. The zero-order chi connectivity index (χ0) is 11.5. The molecule has 2 rings (SSSR count). The van der Waals surface area contributed by atoms with Gasteiger partial charge in [-0.1, -0.05) is 6.92 Å². The molecule has 0 spiro atoms. The topological polar surface area (TPSA) is 51.4 Å². The summed E-state index contributed by atoms with van der Waals surface area (Å²) in [6.07, 6.45) is 3.92. The molecule has 2 heterocycles. The van der Waals surface area contributed by atoms with Crippen LogP contribution < -0.4 is 0 Å². The van der Waals surface area contributed by atoms with Crippen LogP contribution in [0.15, 0.2) is 12.3 Å². The number of nitrogens with zero attached hydrogens (tertiary/aromatic N) is 4. The Kier molecular flexibility index (Phi) is 3.19. The van der Waals surface area contributed by atoms with Crippen molar-refractivity contribution in [2.75, 3.05) is 0 Å². The zero-order valence-corrected chi connectivity index (χ0v) is 10.3. The number of nitrogens with one attached hydrogen (secondary N) is 1. The first kappa shape index (κ1) is 11.1. The monoisotopic (exact) mass is 237 g/mol. The van der Waals surface area contributed by atoms with Crippen LogP contribution in [0.4, 0.5) is 0 Å². The smallest absolute Gasteiger partial charge is 0.195 e. The molecule has 16 heavy (non-hydrogen) atoms. The van der Waals surface area contributed by atoms with Gasteiger partial charge in [0.15, 0.2) is 4.77 Å². The standard InChI is InChI=1S/C10H15N5S/c1-3-4-9-11-12-10(16)15(9)7-8-5-6-14(2)13-8/h5-6H,3-4,7H2,1-2H3,(H,12,16). The van der Waals surface area contributed by atoms with E-state index >= 15 is 0 Å². The minimum atomic E-state index is 0.661. The average molecular weight is 237 g/mol. The summed E-state index contributed by atoms with van der Waals surface area (Å²) in [6, 6.07) is 1.99. The van der Waals surface area contributed by atoms with Crippen molar-refractivity contribution in [1.82, 2.24) is 24.5 Å². The van der Waals surface area contributed by atoms with Crippen molar-refractivity contribution in [3.63, 3.8) is 0 Å². The maximum atomic E-state index is 5.20. The molecule has 6 heteroatoms. The first-order chi connectivity index (χ1) is 7.70. The summed E-state index contributed by atoms with van der Waals surface area (Å²) in [6.45, 7) is 2.81. The molecule has 0 aliphatic heterocycles. The van der Waals surface area contributed by atoms with Crippen molar-refractivity contribution in [1.29, 1.82) is 0 Å². The summed E-state index contributed by atoms with van der Waals surface area (Å²) in [5.74, 6) is 0.998. The summed E-state index contributed by atoms with van der Waals surface area (Å²) in [5.41, 5.74) is 0.998. The Morgan fingerprint density at radius 3 is 2.94 bits per heavy atom. The van der Waals surface area contributed by atoms with Gasteiger partial charge in [-0.25, -0.2) is 0 Å². The Hall–Kier alpha value is -1.43. The number of rotatable bonds is 4. The van der Waals surface area contributed by atoms with E-state index in [1.54, 1.807) is 4.68 Å². The molecule has 0 unspecified atom stereocenters. The first-order valence-corrected chi connectivity index (χ1v) is 5.74. The van der Waals surface area contributed by atoms with Crippen LogP contribution in [0.1, 0.15) is 24.9 Å². The fourth-order valence-corrected chi connectivity index (χ4v) is 1.85. The fourth-order valence-electron chi connectivity index (χ4n) is 1.64. The summed E-state index contributed by atoms with van der Waals surface area (Å²) in [7, 11) is 1.91. The summed E-state index contributed by atoms with van der Waals surface area (Å²) in [4.78, 5) is 0. The molecule has 0 saturated heterocycles. The molecule has 0 radical (unpaired) electrons. The van der Waals surface area contributed by atoms with Crippen LogP contribution >= 0.6 is 12.2 Å². The van der Waals surface area contributed by atoms with Gasteiger partial charge in [-0.3, -0.25) is 14.3 Å². The van der Waals surface area contributed by atoms with Gasteiger partial charge >= 0.3 is 0 Å². The second-order valence-corrected chi connectivity index (χ2v) is 4.15. The lowest BCUT2D eigenvalue weighted by Crippen LogP contribution is -2.06. The second kappa shape index (κ2) is 4.61. The molecule has 0 saturated carbocycles. The van der Waals surface area contributed by atoms with Crippen LogP contribution in [-0.2, 0) is 20.0 Å². The van der Waals surface area contributed by atoms with Crippen molar-refractivity contribution < 1.29 is 0 Å². The summed E-state index contributed by atoms with van der Waals surface area (Å²) in [5, 5.41) is 11.4. The molecule has 0 bridgehead atoms. The van der Waals surface area contributed by atoms with E-state index in [0.29, 0.717) is 11.3 Å². The number of aryl methyl sites for hydroxylation is 2. The summed E-state index contributed by atoms with van der Waals surface area (Å²) < 4.78 is 4.45. The number of aromatic nitrogens is 5. The predicted octanol–water partition coefficient (Wildman–Crippen LogP) is 1.67. The van der Waals surface area contributed by atoms with Crippen molar-refractivity contribution >= 4 is 12.2 Å². The molecule has 2 aromatic heterocycles. The van der Waals surface area contributed by atoms with Gasteiger partial charge in [0.05, 0.1) is 12.2 Å². The quantitative estimate of drug-likeness (QED) is 0.823. The molecule has 86 valence electrons. The van der Waals surface area contributed by atoms with Gasteiger partial charge in [-0.05, 0) is 24.7 Å².